The summed E-state index contributed by atoms with van der Waals surface area (Å²) in [5.41, 5.74) is 3.31. The molecule has 0 spiro atoms. The molecule has 2 heterocycles. The van der Waals surface area contributed by atoms with Gasteiger partial charge in [-0.2, -0.15) is 0 Å². The fraction of sp³-hybridized carbons (Fsp3) is 0.188. The van der Waals surface area contributed by atoms with Crippen LogP contribution in [-0.4, -0.2) is 14.6 Å². The van der Waals surface area contributed by atoms with E-state index in [9.17, 15) is 0 Å². The van der Waals surface area contributed by atoms with Crippen LogP contribution in [0.4, 0.5) is 0 Å². The second-order valence-corrected chi connectivity index (χ2v) is 6.28. The molecule has 0 aliphatic carbocycles. The van der Waals surface area contributed by atoms with Crippen molar-refractivity contribution >= 4 is 17.4 Å². The Kier molecular flexibility index (Phi) is 3.30. The van der Waals surface area contributed by atoms with Gasteiger partial charge in [0, 0.05) is 21.9 Å². The Balaban J connectivity index is 2.16. The first-order valence-electron chi connectivity index (χ1n) is 6.35. The van der Waals surface area contributed by atoms with Crippen molar-refractivity contribution in [2.45, 2.75) is 24.0 Å². The Morgan fingerprint density at radius 3 is 2.89 bits per heavy atom. The van der Waals surface area contributed by atoms with E-state index in [4.69, 9.17) is 0 Å². The Hall–Kier alpha value is -1.74. The van der Waals surface area contributed by atoms with Gasteiger partial charge < -0.3 is 0 Å². The molecule has 0 fully saturated rings. The molecule has 1 aromatic carbocycles. The van der Waals surface area contributed by atoms with Gasteiger partial charge >= 0.3 is 0 Å². The fourth-order valence-corrected chi connectivity index (χ4v) is 3.07. The monoisotopic (exact) mass is 267 g/mol. The first kappa shape index (κ1) is 12.3. The molecule has 1 radical (unpaired) electrons. The molecule has 0 atom stereocenters. The molecule has 2 nitrogen and oxygen atoms in total. The van der Waals surface area contributed by atoms with Crippen molar-refractivity contribution in [2.75, 3.05) is 0 Å². The maximum Gasteiger partial charge on any atom is 0.137 e. The van der Waals surface area contributed by atoms with E-state index in [0.717, 1.165) is 11.3 Å². The van der Waals surface area contributed by atoms with Gasteiger partial charge in [-0.05, 0) is 24.3 Å². The molecule has 0 aliphatic heterocycles. The van der Waals surface area contributed by atoms with E-state index in [1.807, 2.05) is 36.3 Å². The Morgan fingerprint density at radius 1 is 1.21 bits per heavy atom. The zero-order chi connectivity index (χ0) is 13.2. The molecule has 95 valence electrons. The molecule has 3 heteroatoms. The fourth-order valence-electron chi connectivity index (χ4n) is 2.11. The number of pyridine rings is 1. The van der Waals surface area contributed by atoms with Crippen molar-refractivity contribution in [3.63, 3.8) is 0 Å². The van der Waals surface area contributed by atoms with Gasteiger partial charge in [0.15, 0.2) is 0 Å². The molecule has 0 amide bonds. The molecule has 3 aromatic rings. The molecular formula is C16H15N2S. The Bertz CT molecular complexity index is 701. The van der Waals surface area contributed by atoms with Crippen LogP contribution in [0.15, 0.2) is 53.7 Å². The number of fused-ring (bicyclic) bond motifs is 1. The third kappa shape index (κ3) is 2.38. The van der Waals surface area contributed by atoms with E-state index in [0.29, 0.717) is 5.25 Å². The Morgan fingerprint density at radius 2 is 2.05 bits per heavy atom. The number of rotatable bonds is 3. The normalized spacial score (nSPS) is 11.3. The molecule has 3 rings (SSSR count). The molecular weight excluding hydrogens is 252 g/mol. The largest absolute Gasteiger partial charge is 0.299 e. The number of nitrogens with zero attached hydrogens (tertiary/aromatic N) is 2. The lowest BCUT2D eigenvalue weighted by Gasteiger charge is -2.10. The lowest BCUT2D eigenvalue weighted by Crippen LogP contribution is -1.92. The Labute approximate surface area is 117 Å². The first-order chi connectivity index (χ1) is 9.25. The maximum atomic E-state index is 4.45. The molecule has 0 unspecified atom stereocenters. The molecule has 0 N–H and O–H groups in total. The molecule has 0 aliphatic rings. The quantitative estimate of drug-likeness (QED) is 0.658. The zero-order valence-electron chi connectivity index (χ0n) is 11.0. The lowest BCUT2D eigenvalue weighted by atomic mass is 10.2. The highest BCUT2D eigenvalue weighted by atomic mass is 32.2. The molecule has 0 bridgehead atoms. The number of benzene rings is 1. The number of imidazole rings is 1. The van der Waals surface area contributed by atoms with Gasteiger partial charge in [0.2, 0.25) is 0 Å². The van der Waals surface area contributed by atoms with Gasteiger partial charge in [-0.15, -0.1) is 11.8 Å². The van der Waals surface area contributed by atoms with E-state index in [2.05, 4.69) is 53.6 Å². The van der Waals surface area contributed by atoms with Crippen LogP contribution in [0.1, 0.15) is 13.8 Å². The summed E-state index contributed by atoms with van der Waals surface area (Å²) in [6, 6.07) is 15.5. The first-order valence-corrected chi connectivity index (χ1v) is 7.23. The predicted molar refractivity (Wildman–Crippen MR) is 80.5 cm³/mol. The highest BCUT2D eigenvalue weighted by Gasteiger charge is 2.10. The van der Waals surface area contributed by atoms with E-state index in [1.54, 1.807) is 0 Å². The standard InChI is InChI=1S/C16H15N2S/c1-12(2)19-15-8-4-3-7-13(15)14-11-17-16-9-5-6-10-18(14)16/h3-5,7-12H,1-2H3. The highest BCUT2D eigenvalue weighted by Crippen LogP contribution is 2.33. The van der Waals surface area contributed by atoms with Crippen molar-refractivity contribution < 1.29 is 0 Å². The van der Waals surface area contributed by atoms with Gasteiger partial charge in [0.1, 0.15) is 5.65 Å². The second-order valence-electron chi connectivity index (χ2n) is 4.66. The van der Waals surface area contributed by atoms with Crippen LogP contribution in [0.5, 0.6) is 0 Å². The van der Waals surface area contributed by atoms with E-state index >= 15 is 0 Å². The van der Waals surface area contributed by atoms with Crippen molar-refractivity contribution in [2.24, 2.45) is 0 Å². The molecule has 0 saturated heterocycles. The van der Waals surface area contributed by atoms with Gasteiger partial charge in [0.05, 0.1) is 11.9 Å². The second kappa shape index (κ2) is 5.10. The van der Waals surface area contributed by atoms with Crippen LogP contribution in [0.2, 0.25) is 0 Å². The summed E-state index contributed by atoms with van der Waals surface area (Å²) in [6.07, 6.45) is 3.87. The third-order valence-electron chi connectivity index (χ3n) is 2.88. The van der Waals surface area contributed by atoms with Crippen molar-refractivity contribution in [1.82, 2.24) is 9.38 Å². The van der Waals surface area contributed by atoms with Crippen LogP contribution >= 0.6 is 11.8 Å². The van der Waals surface area contributed by atoms with E-state index in [1.165, 1.54) is 10.5 Å². The van der Waals surface area contributed by atoms with Crippen LogP contribution in [0.25, 0.3) is 16.9 Å². The smallest absolute Gasteiger partial charge is 0.137 e. The minimum atomic E-state index is 0.562. The summed E-state index contributed by atoms with van der Waals surface area (Å²) in [7, 11) is 0. The van der Waals surface area contributed by atoms with Crippen LogP contribution < -0.4 is 0 Å². The van der Waals surface area contributed by atoms with Gasteiger partial charge in [-0.25, -0.2) is 4.98 Å². The summed E-state index contributed by atoms with van der Waals surface area (Å²) in [5, 5.41) is 0.562. The van der Waals surface area contributed by atoms with Crippen molar-refractivity contribution in [3.8, 4) is 11.3 Å². The number of hydrogen-bond donors (Lipinski definition) is 0. The molecule has 19 heavy (non-hydrogen) atoms. The maximum absolute atomic E-state index is 4.45. The zero-order valence-corrected chi connectivity index (χ0v) is 11.8. The van der Waals surface area contributed by atoms with Crippen LogP contribution in [0.3, 0.4) is 0 Å². The minimum absolute atomic E-state index is 0.562. The van der Waals surface area contributed by atoms with Gasteiger partial charge in [-0.3, -0.25) is 4.40 Å². The summed E-state index contributed by atoms with van der Waals surface area (Å²) >= 11 is 1.88. The topological polar surface area (TPSA) is 17.3 Å². The summed E-state index contributed by atoms with van der Waals surface area (Å²) in [5.74, 6) is 0. The average molecular weight is 267 g/mol. The lowest BCUT2D eigenvalue weighted by molar-refractivity contribution is 1.11. The van der Waals surface area contributed by atoms with Crippen molar-refractivity contribution in [1.29, 1.82) is 0 Å². The number of thioether (sulfide) groups is 1. The van der Waals surface area contributed by atoms with Gasteiger partial charge in [-0.1, -0.05) is 32.0 Å². The third-order valence-corrected chi connectivity index (χ3v) is 3.96. The summed E-state index contributed by atoms with van der Waals surface area (Å²) in [6.45, 7) is 4.42. The van der Waals surface area contributed by atoms with Gasteiger partial charge in [0.25, 0.3) is 0 Å². The molecule has 2 aromatic heterocycles. The number of hydrogen-bond acceptors (Lipinski definition) is 2. The average Bonchev–Trinajstić information content (AvgIpc) is 2.82. The highest BCUT2D eigenvalue weighted by molar-refractivity contribution is 8.00. The SMILES string of the molecule is CC(C)Sc1ccccc1-c1cnc2cc[c]cn12. The number of aromatic nitrogens is 2. The van der Waals surface area contributed by atoms with Crippen LogP contribution in [0, 0.1) is 6.07 Å². The van der Waals surface area contributed by atoms with Crippen molar-refractivity contribution in [3.05, 3.63) is 54.9 Å². The summed E-state index contributed by atoms with van der Waals surface area (Å²) < 4.78 is 2.08. The summed E-state index contributed by atoms with van der Waals surface area (Å²) in [4.78, 5) is 5.74. The van der Waals surface area contributed by atoms with E-state index in [-0.39, 0.29) is 0 Å². The predicted octanol–water partition coefficient (Wildman–Crippen LogP) is 4.30. The minimum Gasteiger partial charge on any atom is -0.299 e. The molecule has 0 saturated carbocycles. The van der Waals surface area contributed by atoms with Crippen LogP contribution in [-0.2, 0) is 0 Å². The van der Waals surface area contributed by atoms with E-state index < -0.39 is 0 Å².